The molecule has 0 aliphatic heterocycles. The largest absolute Gasteiger partial charge is 0.211 e. The molecule has 0 saturated heterocycles. The van der Waals surface area contributed by atoms with Crippen molar-refractivity contribution in [1.82, 2.24) is 0 Å². The van der Waals surface area contributed by atoms with Gasteiger partial charge in [-0.3, -0.25) is 0 Å². The second-order valence-electron chi connectivity index (χ2n) is 11.1. The molecule has 24 heteroatoms. The molecule has 0 radical (unpaired) electrons. The van der Waals surface area contributed by atoms with Crippen LogP contribution in [0.25, 0.3) is 0 Å². The van der Waals surface area contributed by atoms with Crippen LogP contribution >= 0.6 is 0 Å². The summed E-state index contributed by atoms with van der Waals surface area (Å²) in [5.41, 5.74) is -14.3. The maximum Gasteiger partial charge on any atom is 0.211 e. The summed E-state index contributed by atoms with van der Waals surface area (Å²) in [6.07, 6.45) is -1.90. The summed E-state index contributed by atoms with van der Waals surface area (Å²) in [4.78, 5) is 0. The fraction of sp³-hybridized carbons (Fsp3) is 0.200. The van der Waals surface area contributed by atoms with Gasteiger partial charge in [0.15, 0.2) is 69.8 Å². The van der Waals surface area contributed by atoms with E-state index < -0.39 is 155 Å². The van der Waals surface area contributed by atoms with E-state index in [0.717, 1.165) is 12.8 Å². The van der Waals surface area contributed by atoms with Gasteiger partial charge in [-0.1, -0.05) is 17.6 Å². The quantitative estimate of drug-likeness (QED) is 0.0465. The third-order valence-electron chi connectivity index (χ3n) is 7.57. The lowest BCUT2D eigenvalue weighted by Gasteiger charge is -2.44. The van der Waals surface area contributed by atoms with E-state index in [-0.39, 0.29) is 0 Å². The standard InChI is InChI=1S/C24BF20.C6H15O2S/c26-5-1(6(27)14(35)21(42)13(5)34)25(2-7(28)15(36)22(43)16(37)8(2)29,3-9(30)17(38)23(44)18(39)10(3)31)4-11(32)19(40)24(45)20(41)12(4)33;1-4-5-6-8-9(2,3)7/h;4-6H2,1-3H3/q-1;+1. The molecule has 0 heterocycles. The molecule has 0 amide bonds. The number of halogens is 20. The van der Waals surface area contributed by atoms with Gasteiger partial charge >= 0.3 is 0 Å². The molecule has 0 saturated carbocycles. The molecule has 0 aliphatic carbocycles. The van der Waals surface area contributed by atoms with Gasteiger partial charge in [0.25, 0.3) is 0 Å². The van der Waals surface area contributed by atoms with Crippen molar-refractivity contribution in [2.45, 2.75) is 19.8 Å². The second-order valence-corrected chi connectivity index (χ2v) is 13.6. The third kappa shape index (κ3) is 7.01. The van der Waals surface area contributed by atoms with E-state index in [9.17, 15) is 56.9 Å². The van der Waals surface area contributed by atoms with Crippen molar-refractivity contribution in [1.29, 1.82) is 0 Å². The summed E-state index contributed by atoms with van der Waals surface area (Å²) in [5, 5.41) is 0. The molecular weight excluding hydrogens is 815 g/mol. The Kier molecular flexibility index (Phi) is 12.9. The Morgan fingerprint density at radius 1 is 0.370 bits per heavy atom. The Morgan fingerprint density at radius 2 is 0.537 bits per heavy atom. The predicted molar refractivity (Wildman–Crippen MR) is 150 cm³/mol. The summed E-state index contributed by atoms with van der Waals surface area (Å²) in [5.74, 6) is -71.4. The second kappa shape index (κ2) is 15.8. The van der Waals surface area contributed by atoms with Gasteiger partial charge in [0.2, 0.25) is 10.2 Å². The van der Waals surface area contributed by atoms with E-state index in [1.165, 1.54) is 0 Å². The van der Waals surface area contributed by atoms with Crippen molar-refractivity contribution in [2.24, 2.45) is 0 Å². The molecule has 0 bridgehead atoms. The maximum absolute atomic E-state index is 15.4. The molecule has 0 aliphatic rings. The van der Waals surface area contributed by atoms with Crippen LogP contribution in [0.1, 0.15) is 19.8 Å². The Morgan fingerprint density at radius 3 is 0.685 bits per heavy atom. The predicted octanol–water partition coefficient (Wildman–Crippen LogP) is 7.32. The van der Waals surface area contributed by atoms with Gasteiger partial charge in [-0.05, 0) is 6.42 Å². The van der Waals surface area contributed by atoms with Crippen molar-refractivity contribution < 1.29 is 96.2 Å². The fourth-order valence-corrected chi connectivity index (χ4v) is 5.80. The van der Waals surface area contributed by atoms with Crippen LogP contribution in [0.2, 0.25) is 0 Å². The van der Waals surface area contributed by atoms with Gasteiger partial charge in [-0.25, -0.2) is 87.8 Å². The maximum atomic E-state index is 15.4. The molecule has 54 heavy (non-hydrogen) atoms. The summed E-state index contributed by atoms with van der Waals surface area (Å²) < 4.78 is 310. The Hall–Kier alpha value is -4.35. The first-order chi connectivity index (χ1) is 24.8. The minimum Gasteiger partial charge on any atom is -0.207 e. The smallest absolute Gasteiger partial charge is 0.207 e. The monoisotopic (exact) mass is 830 g/mol. The zero-order valence-electron chi connectivity index (χ0n) is 26.5. The zero-order chi connectivity index (χ0) is 41.7. The van der Waals surface area contributed by atoms with Crippen LogP contribution < -0.4 is 21.9 Å². The Balaban J connectivity index is 0.000000772. The molecule has 0 unspecified atom stereocenters. The minimum absolute atomic E-state index is 0.627. The Labute approximate surface area is 289 Å². The first-order valence-corrected chi connectivity index (χ1v) is 16.4. The van der Waals surface area contributed by atoms with Crippen molar-refractivity contribution in [3.63, 3.8) is 0 Å². The average Bonchev–Trinajstić information content (AvgIpc) is 3.11. The fourth-order valence-electron chi connectivity index (χ4n) is 5.28. The number of hydrogen-bond acceptors (Lipinski definition) is 2. The van der Waals surface area contributed by atoms with Crippen LogP contribution in [0.4, 0.5) is 87.8 Å². The van der Waals surface area contributed by atoms with Gasteiger partial charge in [-0.15, -0.1) is 21.9 Å². The highest BCUT2D eigenvalue weighted by Gasteiger charge is 2.52. The van der Waals surface area contributed by atoms with Crippen molar-refractivity contribution in [2.75, 3.05) is 19.1 Å². The lowest BCUT2D eigenvalue weighted by Crippen LogP contribution is -2.81. The topological polar surface area (TPSA) is 26.3 Å². The minimum atomic E-state index is -7.22. The van der Waals surface area contributed by atoms with E-state index in [4.69, 9.17) is 4.18 Å². The molecule has 0 spiro atoms. The van der Waals surface area contributed by atoms with E-state index in [0.29, 0.717) is 6.61 Å². The van der Waals surface area contributed by atoms with Crippen molar-refractivity contribution >= 4 is 38.2 Å². The highest BCUT2D eigenvalue weighted by Crippen LogP contribution is 2.30. The van der Waals surface area contributed by atoms with Crippen LogP contribution in [0.3, 0.4) is 0 Å². The van der Waals surface area contributed by atoms with E-state index in [2.05, 4.69) is 6.92 Å². The first-order valence-electron chi connectivity index (χ1n) is 14.1. The number of benzene rings is 4. The van der Waals surface area contributed by atoms with Crippen LogP contribution in [0.5, 0.6) is 0 Å². The molecular formula is C30H15BF20O2S. The lowest BCUT2D eigenvalue weighted by molar-refractivity contribution is 0.325. The van der Waals surface area contributed by atoms with Gasteiger partial charge in [0.05, 0.1) is 0 Å². The Bertz CT molecular complexity index is 1820. The highest BCUT2D eigenvalue weighted by atomic mass is 32.3. The van der Waals surface area contributed by atoms with Gasteiger partial charge in [-0.2, -0.15) is 4.18 Å². The molecule has 4 aromatic rings. The lowest BCUT2D eigenvalue weighted by atomic mass is 9.12. The van der Waals surface area contributed by atoms with E-state index in [1.807, 2.05) is 0 Å². The normalized spacial score (nSPS) is 12.0. The molecule has 0 atom stereocenters. The van der Waals surface area contributed by atoms with Crippen LogP contribution in [-0.2, 0) is 18.6 Å². The molecule has 4 rings (SSSR count). The molecule has 0 fully saturated rings. The third-order valence-corrected chi connectivity index (χ3v) is 8.31. The number of unbranched alkanes of at least 4 members (excludes halogenated alkanes) is 1. The molecule has 296 valence electrons. The van der Waals surface area contributed by atoms with Gasteiger partial charge < -0.3 is 0 Å². The highest BCUT2D eigenvalue weighted by molar-refractivity contribution is 7.97. The summed E-state index contributed by atoms with van der Waals surface area (Å²) in [7, 11) is -1.95. The van der Waals surface area contributed by atoms with Crippen molar-refractivity contribution in [3.8, 4) is 0 Å². The van der Waals surface area contributed by atoms with Crippen LogP contribution in [0.15, 0.2) is 0 Å². The number of hydrogen-bond donors (Lipinski definition) is 0. The molecule has 2 nitrogen and oxygen atoms in total. The average molecular weight is 830 g/mol. The first kappa shape index (κ1) is 44.1. The van der Waals surface area contributed by atoms with Crippen LogP contribution in [-0.4, -0.2) is 25.3 Å². The van der Waals surface area contributed by atoms with E-state index in [1.54, 1.807) is 12.5 Å². The summed E-state index contributed by atoms with van der Waals surface area (Å²) in [6.45, 7) is 2.71. The van der Waals surface area contributed by atoms with Gasteiger partial charge in [0.1, 0.15) is 71.8 Å². The summed E-state index contributed by atoms with van der Waals surface area (Å²) >= 11 is 0. The van der Waals surface area contributed by atoms with E-state index >= 15 is 35.1 Å². The molecule has 0 aromatic heterocycles. The zero-order valence-corrected chi connectivity index (χ0v) is 27.3. The van der Waals surface area contributed by atoms with Gasteiger partial charge in [0, 0.05) is 0 Å². The SMILES string of the molecule is CCCCO[S+](C)(C)=O.Fc1c(F)c(F)c([B-](c2c(F)c(F)c(F)c(F)c2F)(c2c(F)c(F)c(F)c(F)c2F)c2c(F)c(F)c(F)c(F)c2F)c(F)c1F. The van der Waals surface area contributed by atoms with Crippen LogP contribution in [0, 0.1) is 116 Å². The number of rotatable bonds is 8. The molecule has 0 N–H and O–H groups in total. The molecule has 4 aromatic carbocycles. The summed E-state index contributed by atoms with van der Waals surface area (Å²) in [6, 6.07) is 0. The van der Waals surface area contributed by atoms with Crippen molar-refractivity contribution in [3.05, 3.63) is 116 Å².